The maximum Gasteiger partial charge on any atom is 0.302 e. The van der Waals surface area contributed by atoms with Gasteiger partial charge in [0.05, 0.1) is 0 Å². The van der Waals surface area contributed by atoms with Crippen molar-refractivity contribution in [2.45, 2.75) is 58.8 Å². The van der Waals surface area contributed by atoms with Gasteiger partial charge in [-0.25, -0.2) is 0 Å². The number of hydrogen-bond acceptors (Lipinski definition) is 2. The fraction of sp³-hybridized carbons (Fsp3) is 0.667. The maximum atomic E-state index is 10.5. The van der Waals surface area contributed by atoms with E-state index in [1.165, 1.54) is 39.0 Å². The minimum absolute atomic E-state index is 0.213. The summed E-state index contributed by atoms with van der Waals surface area (Å²) in [7, 11) is 0. The minimum Gasteiger partial charge on any atom is -0.462 e. The van der Waals surface area contributed by atoms with Crippen LogP contribution in [0.1, 0.15) is 58.8 Å². The van der Waals surface area contributed by atoms with Gasteiger partial charge in [-0.3, -0.25) is 4.79 Å². The van der Waals surface area contributed by atoms with E-state index in [9.17, 15) is 4.79 Å². The lowest BCUT2D eigenvalue weighted by atomic mass is 10.1. The summed E-state index contributed by atoms with van der Waals surface area (Å²) in [6.45, 7) is 4.01. The highest BCUT2D eigenvalue weighted by Crippen LogP contribution is 2.06. The van der Waals surface area contributed by atoms with Gasteiger partial charge in [-0.15, -0.1) is 0 Å². The Balaban J connectivity index is 3.12. The Morgan fingerprint density at radius 2 is 1.53 bits per heavy atom. The first-order valence-corrected chi connectivity index (χ1v) is 6.70. The Morgan fingerprint density at radius 3 is 2.06 bits per heavy atom. The first-order chi connectivity index (χ1) is 8.27. The summed E-state index contributed by atoms with van der Waals surface area (Å²) in [4.78, 5) is 10.5. The summed E-state index contributed by atoms with van der Waals surface area (Å²) >= 11 is 0. The Morgan fingerprint density at radius 1 is 0.941 bits per heavy atom. The molecule has 0 aromatic rings. The third kappa shape index (κ3) is 14.9. The van der Waals surface area contributed by atoms with Gasteiger partial charge in [0.1, 0.15) is 6.61 Å². The fourth-order valence-electron chi connectivity index (χ4n) is 1.51. The second-order valence-electron chi connectivity index (χ2n) is 4.15. The van der Waals surface area contributed by atoms with E-state index in [0.717, 1.165) is 12.8 Å². The first-order valence-electron chi connectivity index (χ1n) is 6.70. The standard InChI is InChI=1S/C15H26O2/c1-3-4-5-6-7-8-9-10-11-12-13-14-17-15(2)16/h4-5,12-13H,3,6-11,14H2,1-2H3. The molecule has 0 aliphatic rings. The van der Waals surface area contributed by atoms with Gasteiger partial charge in [0.25, 0.3) is 0 Å². The van der Waals surface area contributed by atoms with Gasteiger partial charge in [-0.05, 0) is 32.1 Å². The van der Waals surface area contributed by atoms with Crippen molar-refractivity contribution in [2.24, 2.45) is 0 Å². The summed E-state index contributed by atoms with van der Waals surface area (Å²) in [6, 6.07) is 0. The van der Waals surface area contributed by atoms with E-state index in [4.69, 9.17) is 4.74 Å². The zero-order valence-corrected chi connectivity index (χ0v) is 11.3. The molecule has 0 atom stereocenters. The molecule has 98 valence electrons. The molecular formula is C15H26O2. The Kier molecular flexibility index (Phi) is 12.2. The number of carbonyl (C=O) groups excluding carboxylic acids is 1. The summed E-state index contributed by atoms with van der Waals surface area (Å²) in [6.07, 6.45) is 17.1. The van der Waals surface area contributed by atoms with Gasteiger partial charge in [0.15, 0.2) is 0 Å². The number of hydrogen-bond donors (Lipinski definition) is 0. The third-order valence-electron chi connectivity index (χ3n) is 2.44. The molecular weight excluding hydrogens is 212 g/mol. The van der Waals surface area contributed by atoms with Gasteiger partial charge in [0.2, 0.25) is 0 Å². The lowest BCUT2D eigenvalue weighted by molar-refractivity contribution is -0.139. The molecule has 0 bridgehead atoms. The summed E-state index contributed by atoms with van der Waals surface area (Å²) in [5.41, 5.74) is 0. The highest BCUT2D eigenvalue weighted by molar-refractivity contribution is 5.65. The Bertz CT molecular complexity index is 229. The van der Waals surface area contributed by atoms with Crippen molar-refractivity contribution in [3.8, 4) is 0 Å². The van der Waals surface area contributed by atoms with Crippen LogP contribution in [0, 0.1) is 0 Å². The van der Waals surface area contributed by atoms with Crippen LogP contribution < -0.4 is 0 Å². The van der Waals surface area contributed by atoms with Gasteiger partial charge >= 0.3 is 5.97 Å². The fourth-order valence-corrected chi connectivity index (χ4v) is 1.51. The lowest BCUT2D eigenvalue weighted by Crippen LogP contribution is -1.97. The number of unbranched alkanes of at least 4 members (excludes halogenated alkanes) is 5. The Labute approximate surface area is 106 Å². The van der Waals surface area contributed by atoms with Crippen LogP contribution in [0.5, 0.6) is 0 Å². The Hall–Kier alpha value is -1.05. The van der Waals surface area contributed by atoms with Crippen LogP contribution in [0.2, 0.25) is 0 Å². The van der Waals surface area contributed by atoms with Gasteiger partial charge in [0, 0.05) is 6.92 Å². The van der Waals surface area contributed by atoms with E-state index in [0.29, 0.717) is 6.61 Å². The smallest absolute Gasteiger partial charge is 0.302 e. The van der Waals surface area contributed by atoms with E-state index < -0.39 is 0 Å². The molecule has 0 spiro atoms. The van der Waals surface area contributed by atoms with E-state index in [1.54, 1.807) is 0 Å². The molecule has 0 N–H and O–H groups in total. The second-order valence-corrected chi connectivity index (χ2v) is 4.15. The van der Waals surface area contributed by atoms with Crippen molar-refractivity contribution in [3.63, 3.8) is 0 Å². The average Bonchev–Trinajstić information content (AvgIpc) is 2.30. The molecule has 17 heavy (non-hydrogen) atoms. The van der Waals surface area contributed by atoms with E-state index in [1.807, 2.05) is 6.08 Å². The molecule has 0 aliphatic heterocycles. The van der Waals surface area contributed by atoms with Crippen molar-refractivity contribution >= 4 is 5.97 Å². The number of rotatable bonds is 10. The summed E-state index contributed by atoms with van der Waals surface area (Å²) in [5.74, 6) is -0.213. The molecule has 0 radical (unpaired) electrons. The largest absolute Gasteiger partial charge is 0.462 e. The maximum absolute atomic E-state index is 10.5. The topological polar surface area (TPSA) is 26.3 Å². The summed E-state index contributed by atoms with van der Waals surface area (Å²) < 4.78 is 4.79. The number of ether oxygens (including phenoxy) is 1. The minimum atomic E-state index is -0.213. The summed E-state index contributed by atoms with van der Waals surface area (Å²) in [5, 5.41) is 0. The number of carbonyl (C=O) groups is 1. The zero-order chi connectivity index (χ0) is 12.8. The van der Waals surface area contributed by atoms with Crippen molar-refractivity contribution in [2.75, 3.05) is 6.61 Å². The van der Waals surface area contributed by atoms with Crippen LogP contribution in [0.15, 0.2) is 24.3 Å². The van der Waals surface area contributed by atoms with E-state index in [-0.39, 0.29) is 5.97 Å². The highest BCUT2D eigenvalue weighted by atomic mass is 16.5. The van der Waals surface area contributed by atoms with Gasteiger partial charge in [-0.2, -0.15) is 0 Å². The molecule has 2 heteroatoms. The molecule has 0 saturated heterocycles. The molecule has 0 amide bonds. The van der Waals surface area contributed by atoms with Crippen LogP contribution in [-0.2, 0) is 9.53 Å². The van der Waals surface area contributed by atoms with Crippen LogP contribution in [-0.4, -0.2) is 12.6 Å². The van der Waals surface area contributed by atoms with Crippen LogP contribution in [0.4, 0.5) is 0 Å². The molecule has 0 aromatic heterocycles. The first kappa shape index (κ1) is 16.0. The second kappa shape index (κ2) is 13.0. The molecule has 0 fully saturated rings. The molecule has 0 aliphatic carbocycles. The van der Waals surface area contributed by atoms with Gasteiger partial charge in [-0.1, -0.05) is 44.1 Å². The van der Waals surface area contributed by atoms with Crippen molar-refractivity contribution < 1.29 is 9.53 Å². The normalized spacial score (nSPS) is 11.4. The molecule has 0 aromatic carbocycles. The SMILES string of the molecule is CCC=CCCCCCCC=CCOC(C)=O. The zero-order valence-electron chi connectivity index (χ0n) is 11.3. The molecule has 0 heterocycles. The van der Waals surface area contributed by atoms with Crippen molar-refractivity contribution in [1.82, 2.24) is 0 Å². The van der Waals surface area contributed by atoms with Crippen molar-refractivity contribution in [1.29, 1.82) is 0 Å². The van der Waals surface area contributed by atoms with Crippen molar-refractivity contribution in [3.05, 3.63) is 24.3 Å². The molecule has 0 saturated carbocycles. The van der Waals surface area contributed by atoms with E-state index in [2.05, 4.69) is 25.2 Å². The predicted molar refractivity (Wildman–Crippen MR) is 72.9 cm³/mol. The van der Waals surface area contributed by atoms with Crippen LogP contribution in [0.25, 0.3) is 0 Å². The molecule has 0 rings (SSSR count). The lowest BCUT2D eigenvalue weighted by Gasteiger charge is -1.97. The number of esters is 1. The average molecular weight is 238 g/mol. The molecule has 0 unspecified atom stereocenters. The van der Waals surface area contributed by atoms with Crippen LogP contribution >= 0.6 is 0 Å². The number of allylic oxidation sites excluding steroid dienone is 3. The monoisotopic (exact) mass is 238 g/mol. The molecule has 2 nitrogen and oxygen atoms in total. The third-order valence-corrected chi connectivity index (χ3v) is 2.44. The van der Waals surface area contributed by atoms with Crippen LogP contribution in [0.3, 0.4) is 0 Å². The quantitative estimate of drug-likeness (QED) is 0.320. The van der Waals surface area contributed by atoms with E-state index >= 15 is 0 Å². The highest BCUT2D eigenvalue weighted by Gasteiger charge is 1.88. The predicted octanol–water partition coefficient (Wildman–Crippen LogP) is 4.41. The van der Waals surface area contributed by atoms with Gasteiger partial charge < -0.3 is 4.74 Å².